The molecule has 0 radical (unpaired) electrons. The Kier molecular flexibility index (Phi) is 6.20. The minimum Gasteiger partial charge on any atom is -0.280 e. The van der Waals surface area contributed by atoms with E-state index in [-0.39, 0.29) is 32.4 Å². The molecule has 0 aliphatic carbocycles. The number of hydrogen-bond acceptors (Lipinski definition) is 6. The van der Waals surface area contributed by atoms with E-state index >= 15 is 0 Å². The van der Waals surface area contributed by atoms with Crippen LogP contribution in [0.5, 0.6) is 0 Å². The van der Waals surface area contributed by atoms with Crippen molar-refractivity contribution in [3.05, 3.63) is 87.4 Å². The van der Waals surface area contributed by atoms with Gasteiger partial charge in [-0.2, -0.15) is 0 Å². The fourth-order valence-corrected chi connectivity index (χ4v) is 5.39. The van der Waals surface area contributed by atoms with E-state index in [2.05, 4.69) is 9.44 Å². The van der Waals surface area contributed by atoms with Crippen molar-refractivity contribution in [1.29, 1.82) is 0 Å². The maximum atomic E-state index is 12.8. The Balaban J connectivity index is 1.92. The molecule has 3 aromatic carbocycles. The molecule has 0 saturated heterocycles. The molecule has 0 aliphatic rings. The molecule has 0 aromatic heterocycles. The summed E-state index contributed by atoms with van der Waals surface area (Å²) in [6.07, 6.45) is 0. The molecule has 0 heterocycles. The molecule has 0 unspecified atom stereocenters. The van der Waals surface area contributed by atoms with Crippen molar-refractivity contribution in [1.82, 2.24) is 0 Å². The van der Waals surface area contributed by atoms with Crippen LogP contribution in [0.3, 0.4) is 0 Å². The zero-order valence-electron chi connectivity index (χ0n) is 15.9. The Morgan fingerprint density at radius 2 is 1.42 bits per heavy atom. The lowest BCUT2D eigenvalue weighted by molar-refractivity contribution is -0.385. The van der Waals surface area contributed by atoms with Gasteiger partial charge in [0, 0.05) is 16.7 Å². The van der Waals surface area contributed by atoms with Crippen LogP contribution < -0.4 is 9.44 Å². The number of hydrogen-bond donors (Lipinski definition) is 2. The highest BCUT2D eigenvalue weighted by atomic mass is 35.5. The molecule has 0 aliphatic heterocycles. The van der Waals surface area contributed by atoms with E-state index < -0.39 is 25.0 Å². The molecule has 0 atom stereocenters. The lowest BCUT2D eigenvalue weighted by Gasteiger charge is -2.12. The summed E-state index contributed by atoms with van der Waals surface area (Å²) in [6.45, 7) is 1.32. The van der Waals surface area contributed by atoms with Crippen LogP contribution in [0, 0.1) is 17.0 Å². The molecule has 0 saturated carbocycles. The van der Waals surface area contributed by atoms with Crippen LogP contribution in [0.4, 0.5) is 17.1 Å². The van der Waals surface area contributed by atoms with E-state index in [1.165, 1.54) is 55.5 Å². The first kappa shape index (κ1) is 22.5. The summed E-state index contributed by atoms with van der Waals surface area (Å²) in [7, 11) is -8.25. The Bertz CT molecular complexity index is 1370. The number of sulfonamides is 2. The van der Waals surface area contributed by atoms with Crippen LogP contribution in [0.25, 0.3) is 0 Å². The second-order valence-corrected chi connectivity index (χ2v) is 10.2. The maximum absolute atomic E-state index is 12.8. The highest BCUT2D eigenvalue weighted by Crippen LogP contribution is 2.27. The molecule has 0 bridgehead atoms. The van der Waals surface area contributed by atoms with Crippen LogP contribution in [-0.4, -0.2) is 21.8 Å². The third kappa shape index (κ3) is 5.13. The van der Waals surface area contributed by atoms with Crippen molar-refractivity contribution in [2.75, 3.05) is 9.44 Å². The Morgan fingerprint density at radius 1 is 0.839 bits per heavy atom. The van der Waals surface area contributed by atoms with Crippen molar-refractivity contribution >= 4 is 48.7 Å². The highest BCUT2D eigenvalue weighted by Gasteiger charge is 2.23. The molecule has 31 heavy (non-hydrogen) atoms. The summed E-state index contributed by atoms with van der Waals surface area (Å²) in [5, 5.41) is 11.4. The van der Waals surface area contributed by atoms with Crippen molar-refractivity contribution in [3.8, 4) is 0 Å². The Labute approximate surface area is 183 Å². The summed E-state index contributed by atoms with van der Waals surface area (Å²) < 4.78 is 55.5. The van der Waals surface area contributed by atoms with Gasteiger partial charge in [0.2, 0.25) is 0 Å². The summed E-state index contributed by atoms with van der Waals surface area (Å²) in [4.78, 5) is 9.94. The minimum absolute atomic E-state index is 0.0279. The summed E-state index contributed by atoms with van der Waals surface area (Å²) in [5.41, 5.74) is -0.165. The van der Waals surface area contributed by atoms with Crippen LogP contribution >= 0.6 is 11.6 Å². The zero-order chi connectivity index (χ0) is 22.8. The fraction of sp³-hybridized carbons (Fsp3) is 0.0526. The van der Waals surface area contributed by atoms with Gasteiger partial charge in [0.1, 0.15) is 0 Å². The van der Waals surface area contributed by atoms with Crippen LogP contribution in [-0.2, 0) is 20.0 Å². The molecule has 162 valence electrons. The third-order valence-corrected chi connectivity index (χ3v) is 7.35. The molecule has 0 fully saturated rings. The van der Waals surface area contributed by atoms with Crippen molar-refractivity contribution < 1.29 is 21.8 Å². The molecule has 0 amide bonds. The number of nitro benzene ring substituents is 1. The third-order valence-electron chi connectivity index (χ3n) is 4.22. The normalized spacial score (nSPS) is 11.7. The second kappa shape index (κ2) is 8.53. The van der Waals surface area contributed by atoms with Crippen molar-refractivity contribution in [3.63, 3.8) is 0 Å². The molecular weight excluding hydrogens is 466 g/mol. The number of rotatable bonds is 7. The van der Waals surface area contributed by atoms with Gasteiger partial charge in [-0.3, -0.25) is 19.6 Å². The molecule has 0 spiro atoms. The van der Waals surface area contributed by atoms with Gasteiger partial charge >= 0.3 is 0 Å². The number of anilines is 2. The fourth-order valence-electron chi connectivity index (χ4n) is 2.79. The molecule has 3 aromatic rings. The van der Waals surface area contributed by atoms with Gasteiger partial charge in [-0.05, 0) is 49.4 Å². The second-order valence-electron chi connectivity index (χ2n) is 6.41. The summed E-state index contributed by atoms with van der Waals surface area (Å²) >= 11 is 5.87. The predicted molar refractivity (Wildman–Crippen MR) is 117 cm³/mol. The number of halogens is 1. The molecular formula is C19H16ClN3O6S2. The molecule has 12 heteroatoms. The van der Waals surface area contributed by atoms with E-state index in [0.29, 0.717) is 5.02 Å². The average Bonchev–Trinajstić information content (AvgIpc) is 2.67. The van der Waals surface area contributed by atoms with Gasteiger partial charge in [-0.1, -0.05) is 29.8 Å². The first-order valence-corrected chi connectivity index (χ1v) is 12.0. The lowest BCUT2D eigenvalue weighted by atomic mass is 10.2. The average molecular weight is 482 g/mol. The molecule has 2 N–H and O–H groups in total. The quantitative estimate of drug-likeness (QED) is 0.384. The van der Waals surface area contributed by atoms with Gasteiger partial charge in [-0.25, -0.2) is 16.8 Å². The van der Waals surface area contributed by atoms with Crippen molar-refractivity contribution in [2.24, 2.45) is 0 Å². The first-order valence-electron chi connectivity index (χ1n) is 8.65. The monoisotopic (exact) mass is 481 g/mol. The number of benzene rings is 3. The Morgan fingerprint density at radius 3 is 2.06 bits per heavy atom. The van der Waals surface area contributed by atoms with E-state index in [9.17, 15) is 26.9 Å². The lowest BCUT2D eigenvalue weighted by Crippen LogP contribution is -2.16. The van der Waals surface area contributed by atoms with Gasteiger partial charge < -0.3 is 0 Å². The van der Waals surface area contributed by atoms with E-state index in [1.807, 2.05) is 0 Å². The zero-order valence-corrected chi connectivity index (χ0v) is 18.3. The van der Waals surface area contributed by atoms with Gasteiger partial charge in [0.15, 0.2) is 0 Å². The van der Waals surface area contributed by atoms with Crippen LogP contribution in [0.15, 0.2) is 76.5 Å². The summed E-state index contributed by atoms with van der Waals surface area (Å²) in [6, 6.07) is 15.0. The number of nitrogens with zero attached hydrogens (tertiary/aromatic N) is 1. The van der Waals surface area contributed by atoms with Gasteiger partial charge in [0.25, 0.3) is 25.7 Å². The van der Waals surface area contributed by atoms with Gasteiger partial charge in [-0.15, -0.1) is 0 Å². The first-order chi connectivity index (χ1) is 14.5. The number of nitrogens with one attached hydrogen (secondary N) is 2. The van der Waals surface area contributed by atoms with Gasteiger partial charge in [0.05, 0.1) is 26.1 Å². The SMILES string of the molecule is Cc1c([N+](=O)[O-])cccc1S(=O)(=O)Nc1cccc(S(=O)(=O)Nc2cccc(Cl)c2)c1. The van der Waals surface area contributed by atoms with E-state index in [0.717, 1.165) is 6.07 Å². The van der Waals surface area contributed by atoms with Crippen LogP contribution in [0.1, 0.15) is 5.56 Å². The molecule has 3 rings (SSSR count). The maximum Gasteiger partial charge on any atom is 0.273 e. The van der Waals surface area contributed by atoms with Crippen molar-refractivity contribution in [2.45, 2.75) is 16.7 Å². The number of nitro groups is 1. The largest absolute Gasteiger partial charge is 0.280 e. The minimum atomic E-state index is -4.21. The predicted octanol–water partition coefficient (Wildman–Crippen LogP) is 4.16. The summed E-state index contributed by atoms with van der Waals surface area (Å²) in [5.74, 6) is 0. The van der Waals surface area contributed by atoms with E-state index in [4.69, 9.17) is 11.6 Å². The highest BCUT2D eigenvalue weighted by molar-refractivity contribution is 7.93. The molecule has 9 nitrogen and oxygen atoms in total. The smallest absolute Gasteiger partial charge is 0.273 e. The van der Waals surface area contributed by atoms with E-state index in [1.54, 1.807) is 12.1 Å². The topological polar surface area (TPSA) is 135 Å². The Hall–Kier alpha value is -3.15. The van der Waals surface area contributed by atoms with Crippen LogP contribution in [0.2, 0.25) is 5.02 Å². The standard InChI is InChI=1S/C19H16ClN3O6S2/c1-13-18(23(24)25)9-4-10-19(13)31(28,29)22-16-7-3-8-17(12-16)30(26,27)21-15-6-2-5-14(20)11-15/h2-12,21-22H,1H3.